The summed E-state index contributed by atoms with van der Waals surface area (Å²) in [5.74, 6) is -2.43. The lowest BCUT2D eigenvalue weighted by Gasteiger charge is -2.32. The largest absolute Gasteiger partial charge is 0.481 e. The van der Waals surface area contributed by atoms with Crippen LogP contribution in [0.5, 0.6) is 0 Å². The number of carboxylic acid groups (broad SMARTS) is 1. The van der Waals surface area contributed by atoms with Crippen LogP contribution in [0.2, 0.25) is 0 Å². The third kappa shape index (κ3) is 5.29. The van der Waals surface area contributed by atoms with E-state index in [9.17, 15) is 14.4 Å². The van der Waals surface area contributed by atoms with Crippen LogP contribution in [0.25, 0.3) is 0 Å². The van der Waals surface area contributed by atoms with E-state index in [1.54, 1.807) is 36.1 Å². The first-order chi connectivity index (χ1) is 12.8. The van der Waals surface area contributed by atoms with Crippen molar-refractivity contribution in [2.75, 3.05) is 18.0 Å². The maximum atomic E-state index is 12.8. The monoisotopic (exact) mass is 374 g/mol. The highest BCUT2D eigenvalue weighted by Gasteiger charge is 2.31. The molecule has 2 unspecified atom stereocenters. The Labute approximate surface area is 158 Å². The number of carbonyl (C=O) groups is 3. The van der Waals surface area contributed by atoms with Gasteiger partial charge in [-0.2, -0.15) is 0 Å². The van der Waals surface area contributed by atoms with E-state index in [1.807, 2.05) is 0 Å². The average Bonchev–Trinajstić information content (AvgIpc) is 2.64. The smallest absolute Gasteiger partial charge is 0.308 e. The molecule has 1 aromatic carbocycles. The Morgan fingerprint density at radius 2 is 2.04 bits per heavy atom. The molecule has 1 aromatic rings. The van der Waals surface area contributed by atoms with Gasteiger partial charge in [-0.3, -0.25) is 19.8 Å². The van der Waals surface area contributed by atoms with Crippen molar-refractivity contribution >= 4 is 29.3 Å². The highest BCUT2D eigenvalue weighted by molar-refractivity contribution is 5.99. The molecule has 8 heteroatoms. The van der Waals surface area contributed by atoms with Gasteiger partial charge in [0.1, 0.15) is 5.84 Å². The van der Waals surface area contributed by atoms with Crippen LogP contribution >= 0.6 is 0 Å². The molecule has 146 valence electrons. The summed E-state index contributed by atoms with van der Waals surface area (Å²) in [5, 5.41) is 19.1. The predicted molar refractivity (Wildman–Crippen MR) is 102 cm³/mol. The SMILES string of the molecule is CCC(CNC(=O)CC1CCCN(c2ccc(C(=N)N)cc2)C1=O)C(=O)O. The summed E-state index contributed by atoms with van der Waals surface area (Å²) in [7, 11) is 0. The molecular formula is C19H26N4O4. The first-order valence-corrected chi connectivity index (χ1v) is 9.08. The number of nitrogen functional groups attached to an aromatic ring is 1. The fourth-order valence-corrected chi connectivity index (χ4v) is 3.16. The summed E-state index contributed by atoms with van der Waals surface area (Å²) in [6.07, 6.45) is 1.90. The fourth-order valence-electron chi connectivity index (χ4n) is 3.16. The van der Waals surface area contributed by atoms with E-state index in [0.29, 0.717) is 30.6 Å². The molecule has 0 aliphatic carbocycles. The number of rotatable bonds is 8. The van der Waals surface area contributed by atoms with E-state index in [1.165, 1.54) is 0 Å². The van der Waals surface area contributed by atoms with Crippen LogP contribution < -0.4 is 16.0 Å². The number of nitrogens with two attached hydrogens (primary N) is 1. The molecule has 1 aliphatic rings. The van der Waals surface area contributed by atoms with Gasteiger partial charge in [0, 0.05) is 36.7 Å². The molecule has 0 saturated carbocycles. The number of hydrogen-bond donors (Lipinski definition) is 4. The Morgan fingerprint density at radius 3 is 2.59 bits per heavy atom. The van der Waals surface area contributed by atoms with Crippen LogP contribution in [-0.2, 0) is 14.4 Å². The van der Waals surface area contributed by atoms with Gasteiger partial charge in [0.25, 0.3) is 0 Å². The molecule has 0 aromatic heterocycles. The van der Waals surface area contributed by atoms with Crippen molar-refractivity contribution in [2.24, 2.45) is 17.6 Å². The molecule has 1 heterocycles. The summed E-state index contributed by atoms with van der Waals surface area (Å²) < 4.78 is 0. The number of nitrogens with one attached hydrogen (secondary N) is 2. The van der Waals surface area contributed by atoms with E-state index < -0.39 is 17.8 Å². The number of nitrogens with zero attached hydrogens (tertiary/aromatic N) is 1. The summed E-state index contributed by atoms with van der Waals surface area (Å²) in [4.78, 5) is 37.6. The minimum Gasteiger partial charge on any atom is -0.481 e. The first kappa shape index (κ1) is 20.4. The summed E-state index contributed by atoms with van der Waals surface area (Å²) in [5.41, 5.74) is 6.75. The molecule has 2 rings (SSSR count). The van der Waals surface area contributed by atoms with Gasteiger partial charge in [-0.25, -0.2) is 0 Å². The van der Waals surface area contributed by atoms with Crippen molar-refractivity contribution in [1.29, 1.82) is 5.41 Å². The van der Waals surface area contributed by atoms with Crippen LogP contribution in [0.15, 0.2) is 24.3 Å². The minimum atomic E-state index is -0.938. The molecule has 27 heavy (non-hydrogen) atoms. The number of aliphatic carboxylic acids is 1. The van der Waals surface area contributed by atoms with E-state index in [2.05, 4.69) is 5.32 Å². The topological polar surface area (TPSA) is 137 Å². The number of amides is 2. The number of hydrogen-bond acceptors (Lipinski definition) is 4. The van der Waals surface area contributed by atoms with Crippen molar-refractivity contribution in [1.82, 2.24) is 5.32 Å². The van der Waals surface area contributed by atoms with Gasteiger partial charge in [0.05, 0.1) is 5.92 Å². The molecule has 1 fully saturated rings. The minimum absolute atomic E-state index is 0.0344. The zero-order valence-electron chi connectivity index (χ0n) is 15.4. The van der Waals surface area contributed by atoms with Crippen LogP contribution in [0.4, 0.5) is 5.69 Å². The van der Waals surface area contributed by atoms with E-state index in [-0.39, 0.29) is 30.6 Å². The molecular weight excluding hydrogens is 348 g/mol. The van der Waals surface area contributed by atoms with Gasteiger partial charge in [0.15, 0.2) is 0 Å². The summed E-state index contributed by atoms with van der Waals surface area (Å²) in [6.45, 7) is 2.40. The van der Waals surface area contributed by atoms with Gasteiger partial charge in [-0.1, -0.05) is 6.92 Å². The Hall–Kier alpha value is -2.90. The zero-order chi connectivity index (χ0) is 20.0. The average molecular weight is 374 g/mol. The number of carbonyl (C=O) groups excluding carboxylic acids is 2. The standard InChI is InChI=1S/C19H26N4O4/c1-2-12(19(26)27)11-22-16(24)10-14-4-3-9-23(18(14)25)15-7-5-13(6-8-15)17(20)21/h5-8,12,14H,2-4,9-11H2,1H3,(H3,20,21)(H,22,24)(H,26,27). The lowest BCUT2D eigenvalue weighted by Crippen LogP contribution is -2.43. The van der Waals surface area contributed by atoms with Crippen LogP contribution in [0.3, 0.4) is 0 Å². The Bertz CT molecular complexity index is 717. The second-order valence-corrected chi connectivity index (χ2v) is 6.74. The summed E-state index contributed by atoms with van der Waals surface area (Å²) >= 11 is 0. The molecule has 0 bridgehead atoms. The molecule has 0 radical (unpaired) electrons. The molecule has 1 saturated heterocycles. The van der Waals surface area contributed by atoms with Crippen molar-refractivity contribution in [2.45, 2.75) is 32.6 Å². The third-order valence-corrected chi connectivity index (χ3v) is 4.86. The molecule has 0 spiro atoms. The van der Waals surface area contributed by atoms with Crippen molar-refractivity contribution in [3.63, 3.8) is 0 Å². The number of piperidine rings is 1. The van der Waals surface area contributed by atoms with Crippen LogP contribution in [0, 0.1) is 17.2 Å². The molecule has 2 amide bonds. The van der Waals surface area contributed by atoms with Gasteiger partial charge >= 0.3 is 5.97 Å². The van der Waals surface area contributed by atoms with E-state index >= 15 is 0 Å². The molecule has 2 atom stereocenters. The van der Waals surface area contributed by atoms with E-state index in [4.69, 9.17) is 16.2 Å². The zero-order valence-corrected chi connectivity index (χ0v) is 15.4. The number of anilines is 1. The number of carboxylic acids is 1. The predicted octanol–water partition coefficient (Wildman–Crippen LogP) is 1.33. The van der Waals surface area contributed by atoms with Crippen molar-refractivity contribution < 1.29 is 19.5 Å². The second-order valence-electron chi connectivity index (χ2n) is 6.74. The van der Waals surface area contributed by atoms with E-state index in [0.717, 1.165) is 6.42 Å². The Kier molecular flexibility index (Phi) is 6.92. The van der Waals surface area contributed by atoms with Gasteiger partial charge in [0.2, 0.25) is 11.8 Å². The lowest BCUT2D eigenvalue weighted by atomic mass is 9.92. The number of amidine groups is 1. The highest BCUT2D eigenvalue weighted by atomic mass is 16.4. The quantitative estimate of drug-likeness (QED) is 0.402. The molecule has 8 nitrogen and oxygen atoms in total. The highest BCUT2D eigenvalue weighted by Crippen LogP contribution is 2.26. The number of benzene rings is 1. The maximum absolute atomic E-state index is 12.8. The van der Waals surface area contributed by atoms with Crippen molar-refractivity contribution in [3.8, 4) is 0 Å². The summed E-state index contributed by atoms with van der Waals surface area (Å²) in [6, 6.07) is 6.88. The fraction of sp³-hybridized carbons (Fsp3) is 0.474. The van der Waals surface area contributed by atoms with Gasteiger partial charge in [-0.15, -0.1) is 0 Å². The van der Waals surface area contributed by atoms with Crippen molar-refractivity contribution in [3.05, 3.63) is 29.8 Å². The second kappa shape index (κ2) is 9.16. The molecule has 1 aliphatic heterocycles. The maximum Gasteiger partial charge on any atom is 0.308 e. The first-order valence-electron chi connectivity index (χ1n) is 9.08. The molecule has 5 N–H and O–H groups in total. The normalized spacial score (nSPS) is 18.0. The Morgan fingerprint density at radius 1 is 1.37 bits per heavy atom. The van der Waals surface area contributed by atoms with Gasteiger partial charge in [-0.05, 0) is 43.5 Å². The lowest BCUT2D eigenvalue weighted by molar-refractivity contribution is -0.142. The van der Waals surface area contributed by atoms with Crippen LogP contribution in [0.1, 0.15) is 38.2 Å². The Balaban J connectivity index is 1.96. The van der Waals surface area contributed by atoms with Crippen LogP contribution in [-0.4, -0.2) is 41.8 Å². The van der Waals surface area contributed by atoms with Gasteiger partial charge < -0.3 is 21.1 Å². The third-order valence-electron chi connectivity index (χ3n) is 4.86.